The third-order valence-corrected chi connectivity index (χ3v) is 2.55. The Bertz CT molecular complexity index is 769. The second-order valence-electron chi connectivity index (χ2n) is 4.46. The summed E-state index contributed by atoms with van der Waals surface area (Å²) in [5.41, 5.74) is 7.27. The van der Waals surface area contributed by atoms with E-state index in [1.165, 1.54) is 0 Å². The first kappa shape index (κ1) is 19.3. The largest absolute Gasteiger partial charge is 0.394 e. The lowest BCUT2D eigenvalue weighted by Gasteiger charge is -2.04. The van der Waals surface area contributed by atoms with Gasteiger partial charge in [-0.15, -0.1) is 0 Å². The van der Waals surface area contributed by atoms with Crippen molar-refractivity contribution in [1.29, 1.82) is 0 Å². The van der Waals surface area contributed by atoms with Crippen molar-refractivity contribution in [2.75, 3.05) is 0 Å². The molecule has 0 aliphatic carbocycles. The average molecular weight is 351 g/mol. The Morgan fingerprint density at radius 3 is 1.96 bits per heavy atom. The molecule has 5 N–H and O–H groups in total. The van der Waals surface area contributed by atoms with Gasteiger partial charge in [-0.2, -0.15) is 8.42 Å². The molecule has 0 saturated carbocycles. The molecular formula is C15H17N3O5S. The minimum atomic E-state index is -4.67. The summed E-state index contributed by atoms with van der Waals surface area (Å²) in [5.74, 6) is -0.132. The fourth-order valence-electron chi connectivity index (χ4n) is 1.58. The minimum Gasteiger partial charge on any atom is -0.370 e. The number of guanidine groups is 1. The maximum absolute atomic E-state index is 11.8. The molecule has 8 nitrogen and oxygen atoms in total. The molecule has 128 valence electrons. The van der Waals surface area contributed by atoms with Crippen LogP contribution in [0.4, 0.5) is 0 Å². The van der Waals surface area contributed by atoms with E-state index >= 15 is 0 Å². The Morgan fingerprint density at radius 1 is 1.00 bits per heavy atom. The fourth-order valence-corrected chi connectivity index (χ4v) is 1.58. The summed E-state index contributed by atoms with van der Waals surface area (Å²) in [6, 6.07) is 18.6. The van der Waals surface area contributed by atoms with E-state index in [2.05, 4.69) is 10.3 Å². The number of aliphatic imine (C=N–C) groups is 1. The molecule has 0 saturated heterocycles. The van der Waals surface area contributed by atoms with Gasteiger partial charge < -0.3 is 5.73 Å². The van der Waals surface area contributed by atoms with Gasteiger partial charge in [-0.25, -0.2) is 4.99 Å². The molecule has 0 fully saturated rings. The number of hydrogen-bond acceptors (Lipinski definition) is 4. The molecule has 2 aromatic rings. The van der Waals surface area contributed by atoms with Crippen LogP contribution in [0.5, 0.6) is 0 Å². The van der Waals surface area contributed by atoms with Crippen LogP contribution in [-0.4, -0.2) is 29.4 Å². The molecule has 0 aliphatic heterocycles. The highest BCUT2D eigenvalue weighted by Crippen LogP contribution is 2.00. The van der Waals surface area contributed by atoms with E-state index in [1.807, 2.05) is 36.4 Å². The number of nitrogens with one attached hydrogen (secondary N) is 1. The molecule has 0 bridgehead atoms. The summed E-state index contributed by atoms with van der Waals surface area (Å²) < 4.78 is 31.6. The molecule has 2 rings (SSSR count). The van der Waals surface area contributed by atoms with Gasteiger partial charge >= 0.3 is 10.4 Å². The number of nitrogens with two attached hydrogens (primary N) is 1. The number of benzene rings is 2. The normalized spacial score (nSPS) is 11.2. The lowest BCUT2D eigenvalue weighted by atomic mass is 10.2. The Hall–Kier alpha value is -2.75. The van der Waals surface area contributed by atoms with E-state index in [1.54, 1.807) is 24.3 Å². The van der Waals surface area contributed by atoms with Crippen LogP contribution in [0.15, 0.2) is 65.7 Å². The van der Waals surface area contributed by atoms with Crippen molar-refractivity contribution in [3.05, 3.63) is 71.8 Å². The summed E-state index contributed by atoms with van der Waals surface area (Å²) in [5, 5.41) is 2.56. The van der Waals surface area contributed by atoms with Gasteiger partial charge in [0.1, 0.15) is 0 Å². The number of amides is 1. The smallest absolute Gasteiger partial charge is 0.370 e. The van der Waals surface area contributed by atoms with E-state index < -0.39 is 10.4 Å². The summed E-state index contributed by atoms with van der Waals surface area (Å²) in [6.45, 7) is 0.446. The third kappa shape index (κ3) is 9.30. The lowest BCUT2D eigenvalue weighted by molar-refractivity contribution is 0.0976. The maximum atomic E-state index is 11.8. The molecule has 0 heterocycles. The summed E-state index contributed by atoms with van der Waals surface area (Å²) in [6.07, 6.45) is 0. The van der Waals surface area contributed by atoms with Gasteiger partial charge in [-0.3, -0.25) is 19.2 Å². The van der Waals surface area contributed by atoms with Crippen molar-refractivity contribution < 1.29 is 22.3 Å². The van der Waals surface area contributed by atoms with Crippen LogP contribution in [-0.2, 0) is 16.9 Å². The standard InChI is InChI=1S/C15H15N3O.H2O4S/c16-15(17-11-12-7-3-1-4-8-12)18-14(19)13-9-5-2-6-10-13;1-5(2,3)4/h1-10H,11H2,(H3,16,17,18,19);(H2,1,2,3,4). The van der Waals surface area contributed by atoms with Crippen molar-refractivity contribution >= 4 is 22.3 Å². The minimum absolute atomic E-state index is 0.123. The maximum Gasteiger partial charge on any atom is 0.394 e. The molecular weight excluding hydrogens is 334 g/mol. The predicted molar refractivity (Wildman–Crippen MR) is 89.9 cm³/mol. The van der Waals surface area contributed by atoms with Gasteiger partial charge in [-0.05, 0) is 17.7 Å². The van der Waals surface area contributed by atoms with Gasteiger partial charge in [-0.1, -0.05) is 48.5 Å². The second-order valence-corrected chi connectivity index (χ2v) is 5.35. The van der Waals surface area contributed by atoms with Crippen LogP contribution in [0.3, 0.4) is 0 Å². The second kappa shape index (κ2) is 9.40. The summed E-state index contributed by atoms with van der Waals surface area (Å²) in [4.78, 5) is 15.9. The zero-order valence-corrected chi connectivity index (χ0v) is 13.3. The SMILES string of the molecule is NC(=NCc1ccccc1)NC(=O)c1ccccc1.O=S(=O)(O)O. The number of hydrogen-bond donors (Lipinski definition) is 4. The number of nitrogens with zero attached hydrogens (tertiary/aromatic N) is 1. The first-order chi connectivity index (χ1) is 11.3. The molecule has 0 aromatic heterocycles. The van der Waals surface area contributed by atoms with Gasteiger partial charge in [0.2, 0.25) is 0 Å². The van der Waals surface area contributed by atoms with Crippen LogP contribution < -0.4 is 11.1 Å². The third-order valence-electron chi connectivity index (χ3n) is 2.55. The molecule has 9 heteroatoms. The Kier molecular flexibility index (Phi) is 7.56. The van der Waals surface area contributed by atoms with Crippen molar-refractivity contribution in [1.82, 2.24) is 5.32 Å². The molecule has 0 atom stereocenters. The molecule has 1 amide bonds. The first-order valence-corrected chi connectivity index (χ1v) is 8.05. The van der Waals surface area contributed by atoms with Gasteiger partial charge in [0.05, 0.1) is 6.54 Å². The van der Waals surface area contributed by atoms with Crippen molar-refractivity contribution in [3.63, 3.8) is 0 Å². The number of carbonyl (C=O) groups is 1. The zero-order chi connectivity index (χ0) is 18.0. The van der Waals surface area contributed by atoms with Gasteiger partial charge in [0.25, 0.3) is 5.91 Å². The number of carbonyl (C=O) groups excluding carboxylic acids is 1. The van der Waals surface area contributed by atoms with E-state index in [4.69, 9.17) is 23.3 Å². The predicted octanol–water partition coefficient (Wildman–Crippen LogP) is 1.28. The molecule has 2 aromatic carbocycles. The molecule has 0 spiro atoms. The van der Waals surface area contributed by atoms with Crippen LogP contribution in [0.25, 0.3) is 0 Å². The molecule has 24 heavy (non-hydrogen) atoms. The van der Waals surface area contributed by atoms with E-state index in [9.17, 15) is 4.79 Å². The van der Waals surface area contributed by atoms with Crippen molar-refractivity contribution in [3.8, 4) is 0 Å². The fraction of sp³-hybridized carbons (Fsp3) is 0.0667. The van der Waals surface area contributed by atoms with Crippen molar-refractivity contribution in [2.24, 2.45) is 10.7 Å². The first-order valence-electron chi connectivity index (χ1n) is 6.66. The van der Waals surface area contributed by atoms with Crippen LogP contribution in [0.1, 0.15) is 15.9 Å². The number of rotatable bonds is 3. The van der Waals surface area contributed by atoms with Gasteiger partial charge in [0.15, 0.2) is 5.96 Å². The topological polar surface area (TPSA) is 142 Å². The van der Waals surface area contributed by atoms with Crippen molar-refractivity contribution in [2.45, 2.75) is 6.54 Å². The average Bonchev–Trinajstić information content (AvgIpc) is 2.53. The molecule has 0 unspecified atom stereocenters. The van der Waals surface area contributed by atoms with E-state index in [0.29, 0.717) is 12.1 Å². The highest BCUT2D eigenvalue weighted by molar-refractivity contribution is 7.79. The van der Waals surface area contributed by atoms with Gasteiger partial charge in [0, 0.05) is 5.56 Å². The Morgan fingerprint density at radius 2 is 1.46 bits per heavy atom. The highest BCUT2D eigenvalue weighted by Gasteiger charge is 2.05. The molecule has 0 radical (unpaired) electrons. The van der Waals surface area contributed by atoms with Crippen LogP contribution in [0, 0.1) is 0 Å². The van der Waals surface area contributed by atoms with Crippen LogP contribution >= 0.6 is 0 Å². The summed E-state index contributed by atoms with van der Waals surface area (Å²) in [7, 11) is -4.67. The van der Waals surface area contributed by atoms with E-state index in [0.717, 1.165) is 5.56 Å². The van der Waals surface area contributed by atoms with Crippen LogP contribution in [0.2, 0.25) is 0 Å². The lowest BCUT2D eigenvalue weighted by Crippen LogP contribution is -2.36. The molecule has 0 aliphatic rings. The Balaban J connectivity index is 0.000000505. The quantitative estimate of drug-likeness (QED) is 0.373. The zero-order valence-electron chi connectivity index (χ0n) is 12.5. The Labute approximate surface area is 139 Å². The van der Waals surface area contributed by atoms with E-state index in [-0.39, 0.29) is 11.9 Å². The summed E-state index contributed by atoms with van der Waals surface area (Å²) >= 11 is 0. The highest BCUT2D eigenvalue weighted by atomic mass is 32.3. The monoisotopic (exact) mass is 351 g/mol.